The molecule has 9 nitrogen and oxygen atoms in total. The maximum atomic E-state index is 12.5. The van der Waals surface area contributed by atoms with Crippen LogP contribution in [0.25, 0.3) is 0 Å². The summed E-state index contributed by atoms with van der Waals surface area (Å²) in [6.07, 6.45) is 7.10. The molecule has 1 N–H and O–H groups in total. The molecule has 4 rings (SSSR count). The van der Waals surface area contributed by atoms with Gasteiger partial charge in [-0.1, -0.05) is 0 Å². The van der Waals surface area contributed by atoms with Crippen LogP contribution in [0.5, 0.6) is 0 Å². The van der Waals surface area contributed by atoms with Crippen molar-refractivity contribution < 1.29 is 19.1 Å². The summed E-state index contributed by atoms with van der Waals surface area (Å²) in [5.41, 5.74) is 1.14. The molecular formula is C19H27N5O4. The quantitative estimate of drug-likeness (QED) is 0.797. The van der Waals surface area contributed by atoms with Crippen molar-refractivity contribution in [2.75, 3.05) is 45.9 Å². The number of amides is 3. The van der Waals surface area contributed by atoms with Crippen LogP contribution in [0.1, 0.15) is 31.4 Å². The summed E-state index contributed by atoms with van der Waals surface area (Å²) in [5, 5.41) is 0. The fraction of sp³-hybridized carbons (Fsp3) is 0.684. The fourth-order valence-electron chi connectivity index (χ4n) is 4.45. The van der Waals surface area contributed by atoms with Gasteiger partial charge < -0.3 is 19.5 Å². The van der Waals surface area contributed by atoms with Crippen LogP contribution in [0.3, 0.4) is 0 Å². The maximum absolute atomic E-state index is 12.5. The lowest BCUT2D eigenvalue weighted by Crippen LogP contribution is -2.53. The van der Waals surface area contributed by atoms with E-state index in [1.165, 1.54) is 4.90 Å². The standard InChI is InChI=1S/C19H27N5O4/c25-16-1-3-19(13-24(16)6-2-15-11-20-14-21-15)4-7-22(8-5-19)17(26)12-23-9-10-28-18(23)27/h11,14H,1-10,12-13H2,(H,20,21). The Morgan fingerprint density at radius 2 is 2.00 bits per heavy atom. The number of likely N-dealkylation sites (tertiary alicyclic amines) is 2. The molecular weight excluding hydrogens is 362 g/mol. The zero-order valence-electron chi connectivity index (χ0n) is 16.1. The highest BCUT2D eigenvalue weighted by atomic mass is 16.6. The average Bonchev–Trinajstić information content (AvgIpc) is 3.35. The molecule has 1 aromatic rings. The van der Waals surface area contributed by atoms with Crippen LogP contribution in [0.4, 0.5) is 4.79 Å². The number of imidazole rings is 1. The van der Waals surface area contributed by atoms with Gasteiger partial charge in [0.25, 0.3) is 0 Å². The highest BCUT2D eigenvalue weighted by Gasteiger charge is 2.41. The predicted octanol–water partition coefficient (Wildman–Crippen LogP) is 0.636. The van der Waals surface area contributed by atoms with Crippen molar-refractivity contribution in [2.45, 2.75) is 32.1 Å². The highest BCUT2D eigenvalue weighted by Crippen LogP contribution is 2.40. The van der Waals surface area contributed by atoms with E-state index in [0.717, 1.165) is 37.9 Å². The van der Waals surface area contributed by atoms with Gasteiger partial charge in [-0.05, 0) is 24.7 Å². The van der Waals surface area contributed by atoms with E-state index in [2.05, 4.69) is 9.97 Å². The molecule has 0 bridgehead atoms. The van der Waals surface area contributed by atoms with Gasteiger partial charge in [-0.2, -0.15) is 0 Å². The Labute approximate surface area is 164 Å². The number of H-pyrrole nitrogens is 1. The number of nitrogens with zero attached hydrogens (tertiary/aromatic N) is 4. The number of aromatic nitrogens is 2. The summed E-state index contributed by atoms with van der Waals surface area (Å²) in [6, 6.07) is 0. The Morgan fingerprint density at radius 1 is 1.18 bits per heavy atom. The first-order chi connectivity index (χ1) is 13.5. The molecule has 4 heterocycles. The van der Waals surface area contributed by atoms with Crippen molar-refractivity contribution in [3.8, 4) is 0 Å². The van der Waals surface area contributed by atoms with Crippen LogP contribution in [-0.4, -0.2) is 88.5 Å². The number of cyclic esters (lactones) is 1. The van der Waals surface area contributed by atoms with Crippen LogP contribution in [0.2, 0.25) is 0 Å². The number of hydrogen-bond acceptors (Lipinski definition) is 5. The van der Waals surface area contributed by atoms with Gasteiger partial charge in [-0.3, -0.25) is 14.5 Å². The monoisotopic (exact) mass is 389 g/mol. The van der Waals surface area contributed by atoms with Crippen molar-refractivity contribution in [3.63, 3.8) is 0 Å². The number of carbonyl (C=O) groups excluding carboxylic acids is 3. The van der Waals surface area contributed by atoms with Crippen molar-refractivity contribution in [1.29, 1.82) is 0 Å². The Balaban J connectivity index is 1.29. The second-order valence-corrected chi connectivity index (χ2v) is 8.06. The van der Waals surface area contributed by atoms with Gasteiger partial charge in [0, 0.05) is 50.9 Å². The molecule has 0 aliphatic carbocycles. The molecule has 3 saturated heterocycles. The molecule has 0 unspecified atom stereocenters. The van der Waals surface area contributed by atoms with Gasteiger partial charge >= 0.3 is 6.09 Å². The van der Waals surface area contributed by atoms with Gasteiger partial charge in [-0.25, -0.2) is 9.78 Å². The molecule has 3 fully saturated rings. The molecule has 9 heteroatoms. The fourth-order valence-corrected chi connectivity index (χ4v) is 4.45. The first-order valence-corrected chi connectivity index (χ1v) is 9.99. The average molecular weight is 389 g/mol. The number of piperidine rings is 2. The lowest BCUT2D eigenvalue weighted by molar-refractivity contribution is -0.142. The van der Waals surface area contributed by atoms with E-state index >= 15 is 0 Å². The smallest absolute Gasteiger partial charge is 0.410 e. The van der Waals surface area contributed by atoms with Crippen molar-refractivity contribution in [3.05, 3.63) is 18.2 Å². The molecule has 28 heavy (non-hydrogen) atoms. The Bertz CT molecular complexity index is 727. The predicted molar refractivity (Wildman–Crippen MR) is 99.3 cm³/mol. The second-order valence-electron chi connectivity index (χ2n) is 8.06. The van der Waals surface area contributed by atoms with Crippen LogP contribution in [0, 0.1) is 5.41 Å². The van der Waals surface area contributed by atoms with E-state index in [0.29, 0.717) is 39.2 Å². The summed E-state index contributed by atoms with van der Waals surface area (Å²) in [6.45, 7) is 3.77. The normalized spacial score (nSPS) is 22.1. The van der Waals surface area contributed by atoms with E-state index in [1.54, 1.807) is 12.5 Å². The Hall–Kier alpha value is -2.58. The molecule has 3 aliphatic heterocycles. The van der Waals surface area contributed by atoms with E-state index in [9.17, 15) is 14.4 Å². The minimum atomic E-state index is -0.402. The first-order valence-electron chi connectivity index (χ1n) is 9.99. The second kappa shape index (κ2) is 7.81. The largest absolute Gasteiger partial charge is 0.448 e. The molecule has 0 aromatic carbocycles. The van der Waals surface area contributed by atoms with E-state index in [-0.39, 0.29) is 23.8 Å². The summed E-state index contributed by atoms with van der Waals surface area (Å²) >= 11 is 0. The molecule has 0 saturated carbocycles. The van der Waals surface area contributed by atoms with Crippen LogP contribution >= 0.6 is 0 Å². The lowest BCUT2D eigenvalue weighted by atomic mass is 9.72. The summed E-state index contributed by atoms with van der Waals surface area (Å²) in [4.78, 5) is 48.8. The lowest BCUT2D eigenvalue weighted by Gasteiger charge is -2.47. The van der Waals surface area contributed by atoms with Gasteiger partial charge in [-0.15, -0.1) is 0 Å². The van der Waals surface area contributed by atoms with Gasteiger partial charge in [0.2, 0.25) is 11.8 Å². The Morgan fingerprint density at radius 3 is 2.68 bits per heavy atom. The molecule has 1 spiro atoms. The number of aromatic amines is 1. The summed E-state index contributed by atoms with van der Waals surface area (Å²) in [5.74, 6) is 0.202. The number of hydrogen-bond donors (Lipinski definition) is 1. The number of nitrogens with one attached hydrogen (secondary N) is 1. The minimum Gasteiger partial charge on any atom is -0.448 e. The Kier molecular flexibility index (Phi) is 5.23. The van der Waals surface area contributed by atoms with Gasteiger partial charge in [0.15, 0.2) is 0 Å². The highest BCUT2D eigenvalue weighted by molar-refractivity contribution is 5.83. The van der Waals surface area contributed by atoms with Gasteiger partial charge in [0.1, 0.15) is 13.2 Å². The van der Waals surface area contributed by atoms with Crippen molar-refractivity contribution in [1.82, 2.24) is 24.7 Å². The summed E-state index contributed by atoms with van der Waals surface area (Å²) in [7, 11) is 0. The zero-order valence-corrected chi connectivity index (χ0v) is 16.1. The molecule has 1 aromatic heterocycles. The first kappa shape index (κ1) is 18.8. The molecule has 152 valence electrons. The zero-order chi connectivity index (χ0) is 19.6. The van der Waals surface area contributed by atoms with E-state index in [4.69, 9.17) is 4.74 Å². The third-order valence-corrected chi connectivity index (χ3v) is 6.30. The topological polar surface area (TPSA) is 98.8 Å². The van der Waals surface area contributed by atoms with E-state index in [1.807, 2.05) is 9.80 Å². The van der Waals surface area contributed by atoms with Crippen LogP contribution in [-0.2, 0) is 20.7 Å². The minimum absolute atomic E-state index is 0.0170. The van der Waals surface area contributed by atoms with Crippen LogP contribution in [0.15, 0.2) is 12.5 Å². The molecule has 3 amide bonds. The van der Waals surface area contributed by atoms with Crippen molar-refractivity contribution >= 4 is 17.9 Å². The SMILES string of the molecule is O=C(CN1CCOC1=O)N1CCC2(CCC(=O)N(CCc3cnc[nH]3)C2)CC1. The van der Waals surface area contributed by atoms with Crippen LogP contribution < -0.4 is 0 Å². The third kappa shape index (κ3) is 3.98. The molecule has 0 atom stereocenters. The summed E-state index contributed by atoms with van der Waals surface area (Å²) < 4.78 is 4.89. The number of rotatable bonds is 5. The molecule has 3 aliphatic rings. The van der Waals surface area contributed by atoms with Gasteiger partial charge in [0.05, 0.1) is 12.9 Å². The maximum Gasteiger partial charge on any atom is 0.410 e. The van der Waals surface area contributed by atoms with E-state index < -0.39 is 6.09 Å². The van der Waals surface area contributed by atoms with Crippen molar-refractivity contribution in [2.24, 2.45) is 5.41 Å². The molecule has 0 radical (unpaired) electrons. The third-order valence-electron chi connectivity index (χ3n) is 6.30. The number of ether oxygens (including phenoxy) is 1. The number of carbonyl (C=O) groups is 3.